The molecule has 0 unspecified atom stereocenters. The Kier molecular flexibility index (Phi) is 99.0. The second kappa shape index (κ2) is 15.8. The summed E-state index contributed by atoms with van der Waals surface area (Å²) in [6.45, 7) is 0. The zero-order valence-corrected chi connectivity index (χ0v) is 14.8. The standard InChI is InChI=1S/Ba.Bi.Ti.Zn. The molecule has 0 aromatic rings. The smallest absolute Gasteiger partial charge is 0 e. The van der Waals surface area contributed by atoms with Gasteiger partial charge in [-0.15, -0.1) is 0 Å². The van der Waals surface area contributed by atoms with Crippen molar-refractivity contribution < 1.29 is 41.2 Å². The fraction of sp³-hybridized carbons (Fsp3) is 0. The van der Waals surface area contributed by atoms with Crippen LogP contribution in [0, 0.1) is 0 Å². The van der Waals surface area contributed by atoms with Crippen LogP contribution in [0.5, 0.6) is 0 Å². The van der Waals surface area contributed by atoms with E-state index < -0.39 is 0 Å². The van der Waals surface area contributed by atoms with Gasteiger partial charge in [0.15, 0.2) is 0 Å². The molecule has 0 aliphatic heterocycles. The van der Waals surface area contributed by atoms with E-state index in [1.54, 1.807) is 0 Å². The fourth-order valence-corrected chi connectivity index (χ4v) is 0. The van der Waals surface area contributed by atoms with Gasteiger partial charge in [0.1, 0.15) is 0 Å². The summed E-state index contributed by atoms with van der Waals surface area (Å²) in [5, 5.41) is 0. The van der Waals surface area contributed by atoms with Crippen molar-refractivity contribution in [1.29, 1.82) is 0 Å². The minimum atomic E-state index is 0. The number of rotatable bonds is 0. The molecule has 4 heteroatoms. The monoisotopic (exact) mass is 459 g/mol. The van der Waals surface area contributed by atoms with Crippen LogP contribution in [-0.4, -0.2) is 75.1 Å². The molecule has 0 heterocycles. The van der Waals surface area contributed by atoms with Crippen LogP contribution in [0.15, 0.2) is 0 Å². The van der Waals surface area contributed by atoms with Gasteiger partial charge in [-0.05, 0) is 0 Å². The van der Waals surface area contributed by atoms with Gasteiger partial charge < -0.3 is 0 Å². The maximum absolute atomic E-state index is 0. The van der Waals surface area contributed by atoms with Crippen molar-refractivity contribution in [3.63, 3.8) is 0 Å². The van der Waals surface area contributed by atoms with E-state index in [9.17, 15) is 0 Å². The van der Waals surface area contributed by atoms with Crippen molar-refractivity contribution in [3.05, 3.63) is 0 Å². The minimum Gasteiger partial charge on any atom is 0 e. The molecule has 13 valence electrons. The molecule has 0 bridgehead atoms. The van der Waals surface area contributed by atoms with Gasteiger partial charge in [-0.2, -0.15) is 0 Å². The Balaban J connectivity index is 0. The third kappa shape index (κ3) is 9.25. The van der Waals surface area contributed by atoms with E-state index in [0.717, 1.165) is 0 Å². The summed E-state index contributed by atoms with van der Waals surface area (Å²) >= 11 is 0. The fourth-order valence-electron chi connectivity index (χ4n) is 0. The molecule has 0 fully saturated rings. The van der Waals surface area contributed by atoms with Crippen LogP contribution in [0.2, 0.25) is 0 Å². The molecular weight excluding hydrogens is 460 g/mol. The average Bonchev–Trinajstić information content (AvgIpc) is 0. The van der Waals surface area contributed by atoms with Gasteiger partial charge in [0.2, 0.25) is 0 Å². The summed E-state index contributed by atoms with van der Waals surface area (Å²) < 4.78 is 0. The molecule has 0 aromatic carbocycles. The molecule has 0 spiro atoms. The topological polar surface area (TPSA) is 0 Å². The van der Waals surface area contributed by atoms with Gasteiger partial charge in [-0.1, -0.05) is 0 Å². The first-order valence-corrected chi connectivity index (χ1v) is 0. The van der Waals surface area contributed by atoms with Crippen molar-refractivity contribution in [2.75, 3.05) is 0 Å². The quantitative estimate of drug-likeness (QED) is 0.418. The van der Waals surface area contributed by atoms with Crippen molar-refractivity contribution in [2.24, 2.45) is 0 Å². The summed E-state index contributed by atoms with van der Waals surface area (Å²) in [5.74, 6) is 0. The van der Waals surface area contributed by atoms with Crippen LogP contribution in [0.4, 0.5) is 0 Å². The second-order valence-electron chi connectivity index (χ2n) is 0. The maximum atomic E-state index is 0. The second-order valence-corrected chi connectivity index (χ2v) is 0. The number of hydrogen-bond acceptors (Lipinski definition) is 0. The summed E-state index contributed by atoms with van der Waals surface area (Å²) in [4.78, 5) is 0. The molecule has 0 saturated heterocycles. The Morgan fingerprint density at radius 1 is 1.00 bits per heavy atom. The Hall–Kier alpha value is 3.79. The Bertz CT molecular complexity index is 8.00. The first-order chi connectivity index (χ1) is 0. The molecule has 0 aliphatic carbocycles. The van der Waals surface area contributed by atoms with Crippen molar-refractivity contribution >= 4 is 75.1 Å². The van der Waals surface area contributed by atoms with E-state index in [1.807, 2.05) is 0 Å². The zero-order valence-electron chi connectivity index (χ0n) is 2.36. The van der Waals surface area contributed by atoms with E-state index in [2.05, 4.69) is 0 Å². The van der Waals surface area contributed by atoms with Crippen LogP contribution in [0.25, 0.3) is 0 Å². The van der Waals surface area contributed by atoms with Gasteiger partial charge in [0.05, 0.1) is 0 Å². The minimum absolute atomic E-state index is 0. The van der Waals surface area contributed by atoms with Crippen molar-refractivity contribution in [2.45, 2.75) is 0 Å². The van der Waals surface area contributed by atoms with Crippen LogP contribution < -0.4 is 0 Å². The van der Waals surface area contributed by atoms with Gasteiger partial charge in [0, 0.05) is 116 Å². The van der Waals surface area contributed by atoms with Crippen LogP contribution >= 0.6 is 0 Å². The number of hydrogen-bond donors (Lipinski definition) is 0. The molecule has 0 aromatic heterocycles. The molecule has 0 rings (SSSR count). The summed E-state index contributed by atoms with van der Waals surface area (Å²) in [6.07, 6.45) is 0. The maximum Gasteiger partial charge on any atom is 0 e. The van der Waals surface area contributed by atoms with Crippen molar-refractivity contribution in [3.8, 4) is 0 Å². The molecular formula is BaBiTiZn. The predicted octanol–water partition coefficient (Wildman–Crippen LogP) is -0.767. The SMILES string of the molecule is [Ba].[Bi].[Ti].[Zn]. The van der Waals surface area contributed by atoms with E-state index in [-0.39, 0.29) is 116 Å². The van der Waals surface area contributed by atoms with E-state index in [0.29, 0.717) is 0 Å². The largest absolute Gasteiger partial charge is 0 e. The Labute approximate surface area is 113 Å². The summed E-state index contributed by atoms with van der Waals surface area (Å²) in [6, 6.07) is 0. The van der Waals surface area contributed by atoms with Crippen molar-refractivity contribution in [1.82, 2.24) is 0 Å². The zero-order chi connectivity index (χ0) is 0. The van der Waals surface area contributed by atoms with Crippen LogP contribution in [-0.2, 0) is 41.2 Å². The Morgan fingerprint density at radius 3 is 1.00 bits per heavy atom. The molecule has 4 heavy (non-hydrogen) atoms. The van der Waals surface area contributed by atoms with Gasteiger partial charge in [-0.3, -0.25) is 0 Å². The van der Waals surface area contributed by atoms with Gasteiger partial charge >= 0.3 is 0 Å². The first-order valence-electron chi connectivity index (χ1n) is 0. The summed E-state index contributed by atoms with van der Waals surface area (Å²) in [5.41, 5.74) is 0. The average molecular weight is 460 g/mol. The summed E-state index contributed by atoms with van der Waals surface area (Å²) in [7, 11) is 0. The normalized spacial score (nSPS) is 0. The van der Waals surface area contributed by atoms with E-state index in [4.69, 9.17) is 0 Å². The molecule has 5 radical (unpaired) electrons. The molecule has 0 atom stereocenters. The third-order valence-corrected chi connectivity index (χ3v) is 0. The van der Waals surface area contributed by atoms with Crippen LogP contribution in [0.1, 0.15) is 0 Å². The molecule has 0 saturated carbocycles. The predicted molar refractivity (Wildman–Crippen MR) is 11.5 cm³/mol. The van der Waals surface area contributed by atoms with Gasteiger partial charge in [-0.25, -0.2) is 0 Å². The Morgan fingerprint density at radius 2 is 1.00 bits per heavy atom. The van der Waals surface area contributed by atoms with Crippen LogP contribution in [0.3, 0.4) is 0 Å². The molecule has 0 N–H and O–H groups in total. The van der Waals surface area contributed by atoms with E-state index in [1.165, 1.54) is 0 Å². The molecule has 0 nitrogen and oxygen atoms in total. The molecule has 0 amide bonds. The van der Waals surface area contributed by atoms with E-state index >= 15 is 0 Å². The molecule has 0 aliphatic rings. The third-order valence-electron chi connectivity index (χ3n) is 0. The first kappa shape index (κ1) is 25.0. The van der Waals surface area contributed by atoms with Gasteiger partial charge in [0.25, 0.3) is 0 Å².